The standard InChI is InChI=1S/C19H27NO4/c1-19(2,3)14-8-10-15(11-9-14)24-13-17(21)20-12-6-5-7-16(20)18(22)23-4/h8-11,16H,5-7,12-13H2,1-4H3. The van der Waals surface area contributed by atoms with E-state index < -0.39 is 6.04 Å². The number of hydrogen-bond donors (Lipinski definition) is 0. The van der Waals surface area contributed by atoms with Gasteiger partial charge in [0.25, 0.3) is 5.91 Å². The zero-order valence-electron chi connectivity index (χ0n) is 15.0. The largest absolute Gasteiger partial charge is 0.484 e. The van der Waals surface area contributed by atoms with E-state index in [1.54, 1.807) is 4.90 Å². The van der Waals surface area contributed by atoms with Crippen LogP contribution < -0.4 is 4.74 Å². The smallest absolute Gasteiger partial charge is 0.328 e. The quantitative estimate of drug-likeness (QED) is 0.795. The predicted octanol–water partition coefficient (Wildman–Crippen LogP) is 2.92. The maximum absolute atomic E-state index is 12.4. The van der Waals surface area contributed by atoms with Crippen LogP contribution in [0.25, 0.3) is 0 Å². The van der Waals surface area contributed by atoms with E-state index in [-0.39, 0.29) is 23.9 Å². The van der Waals surface area contributed by atoms with Crippen LogP contribution in [0.4, 0.5) is 0 Å². The van der Waals surface area contributed by atoms with E-state index in [0.717, 1.165) is 12.8 Å². The summed E-state index contributed by atoms with van der Waals surface area (Å²) in [6, 6.07) is 7.29. The maximum Gasteiger partial charge on any atom is 0.328 e. The molecule has 5 heteroatoms. The Kier molecular flexibility index (Phi) is 5.86. The Morgan fingerprint density at radius 2 is 1.83 bits per heavy atom. The van der Waals surface area contributed by atoms with Crippen molar-refractivity contribution in [2.75, 3.05) is 20.3 Å². The van der Waals surface area contributed by atoms with E-state index in [4.69, 9.17) is 9.47 Å². The van der Waals surface area contributed by atoms with Gasteiger partial charge in [0.05, 0.1) is 7.11 Å². The molecule has 1 unspecified atom stereocenters. The van der Waals surface area contributed by atoms with Crippen LogP contribution >= 0.6 is 0 Å². The molecule has 2 rings (SSSR count). The molecule has 1 aromatic rings. The Morgan fingerprint density at radius 3 is 2.42 bits per heavy atom. The lowest BCUT2D eigenvalue weighted by atomic mass is 9.87. The molecule has 0 N–H and O–H groups in total. The molecule has 0 spiro atoms. The summed E-state index contributed by atoms with van der Waals surface area (Å²) in [6.45, 7) is 6.95. The topological polar surface area (TPSA) is 55.8 Å². The first-order chi connectivity index (χ1) is 11.3. The highest BCUT2D eigenvalue weighted by Crippen LogP contribution is 2.24. The van der Waals surface area contributed by atoms with Crippen molar-refractivity contribution >= 4 is 11.9 Å². The van der Waals surface area contributed by atoms with Crippen LogP contribution in [0.2, 0.25) is 0 Å². The number of benzene rings is 1. The Balaban J connectivity index is 1.95. The Hall–Kier alpha value is -2.04. The first-order valence-corrected chi connectivity index (χ1v) is 8.43. The van der Waals surface area contributed by atoms with Gasteiger partial charge in [-0.25, -0.2) is 4.79 Å². The average molecular weight is 333 g/mol. The fourth-order valence-electron chi connectivity index (χ4n) is 2.89. The van der Waals surface area contributed by atoms with E-state index in [1.165, 1.54) is 12.7 Å². The van der Waals surface area contributed by atoms with Crippen LogP contribution in [0, 0.1) is 0 Å². The number of rotatable bonds is 4. The summed E-state index contributed by atoms with van der Waals surface area (Å²) in [5.74, 6) is 0.130. The molecular formula is C19H27NO4. The van der Waals surface area contributed by atoms with E-state index >= 15 is 0 Å². The van der Waals surface area contributed by atoms with Gasteiger partial charge in [-0.1, -0.05) is 32.9 Å². The molecule has 24 heavy (non-hydrogen) atoms. The van der Waals surface area contributed by atoms with Crippen LogP contribution in [-0.4, -0.2) is 43.1 Å². The molecule has 1 saturated heterocycles. The number of ether oxygens (including phenoxy) is 2. The molecule has 0 aromatic heterocycles. The molecule has 0 radical (unpaired) electrons. The summed E-state index contributed by atoms with van der Waals surface area (Å²) >= 11 is 0. The fourth-order valence-corrected chi connectivity index (χ4v) is 2.89. The van der Waals surface area contributed by atoms with E-state index in [1.807, 2.05) is 24.3 Å². The number of piperidine rings is 1. The van der Waals surface area contributed by atoms with Crippen molar-refractivity contribution in [2.24, 2.45) is 0 Å². The van der Waals surface area contributed by atoms with E-state index in [9.17, 15) is 9.59 Å². The Labute approximate surface area is 143 Å². The number of likely N-dealkylation sites (tertiary alicyclic amines) is 1. The third kappa shape index (κ3) is 4.49. The van der Waals surface area contributed by atoms with Gasteiger partial charge in [-0.05, 0) is 42.4 Å². The summed E-state index contributed by atoms with van der Waals surface area (Å²) in [7, 11) is 1.35. The number of carbonyl (C=O) groups is 2. The zero-order chi connectivity index (χ0) is 17.7. The number of carbonyl (C=O) groups excluding carboxylic acids is 2. The van der Waals surface area contributed by atoms with E-state index in [0.29, 0.717) is 18.7 Å². The molecule has 0 aliphatic carbocycles. The monoisotopic (exact) mass is 333 g/mol. The van der Waals surface area contributed by atoms with Crippen molar-refractivity contribution in [1.29, 1.82) is 0 Å². The lowest BCUT2D eigenvalue weighted by Crippen LogP contribution is -2.50. The highest BCUT2D eigenvalue weighted by atomic mass is 16.5. The number of hydrogen-bond acceptors (Lipinski definition) is 4. The van der Waals surface area contributed by atoms with Crippen LogP contribution in [0.5, 0.6) is 5.75 Å². The lowest BCUT2D eigenvalue weighted by Gasteiger charge is -2.33. The molecule has 1 heterocycles. The summed E-state index contributed by atoms with van der Waals surface area (Å²) in [5, 5.41) is 0. The highest BCUT2D eigenvalue weighted by Gasteiger charge is 2.32. The SMILES string of the molecule is COC(=O)C1CCCCN1C(=O)COc1ccc(C(C)(C)C)cc1. The minimum atomic E-state index is -0.483. The number of amides is 1. The molecule has 1 atom stereocenters. The molecule has 0 saturated carbocycles. The Morgan fingerprint density at radius 1 is 1.17 bits per heavy atom. The van der Waals surface area contributed by atoms with Crippen molar-refractivity contribution in [2.45, 2.75) is 51.5 Å². The first-order valence-electron chi connectivity index (χ1n) is 8.43. The second-order valence-electron chi connectivity index (χ2n) is 7.18. The predicted molar refractivity (Wildman–Crippen MR) is 92.0 cm³/mol. The molecule has 1 aliphatic heterocycles. The molecule has 1 fully saturated rings. The fraction of sp³-hybridized carbons (Fsp3) is 0.579. The van der Waals surface area contributed by atoms with Crippen molar-refractivity contribution in [3.8, 4) is 5.75 Å². The van der Waals surface area contributed by atoms with Crippen LogP contribution in [0.15, 0.2) is 24.3 Å². The second kappa shape index (κ2) is 7.69. The lowest BCUT2D eigenvalue weighted by molar-refractivity contribution is -0.155. The third-order valence-electron chi connectivity index (χ3n) is 4.38. The molecule has 1 aromatic carbocycles. The number of methoxy groups -OCH3 is 1. The van der Waals surface area contributed by atoms with Gasteiger partial charge < -0.3 is 14.4 Å². The molecule has 132 valence electrons. The minimum Gasteiger partial charge on any atom is -0.484 e. The van der Waals surface area contributed by atoms with Gasteiger partial charge in [-0.3, -0.25) is 4.79 Å². The Bertz CT molecular complexity index is 574. The highest BCUT2D eigenvalue weighted by molar-refractivity contribution is 5.85. The molecular weight excluding hydrogens is 306 g/mol. The van der Waals surface area contributed by atoms with Crippen LogP contribution in [-0.2, 0) is 19.7 Å². The normalized spacial score (nSPS) is 18.2. The van der Waals surface area contributed by atoms with Crippen molar-refractivity contribution in [1.82, 2.24) is 4.90 Å². The second-order valence-corrected chi connectivity index (χ2v) is 7.18. The van der Waals surface area contributed by atoms with Crippen molar-refractivity contribution in [3.63, 3.8) is 0 Å². The van der Waals surface area contributed by atoms with Gasteiger partial charge in [0.1, 0.15) is 11.8 Å². The summed E-state index contributed by atoms with van der Waals surface area (Å²) < 4.78 is 10.4. The maximum atomic E-state index is 12.4. The average Bonchev–Trinajstić information content (AvgIpc) is 2.58. The van der Waals surface area contributed by atoms with Gasteiger partial charge >= 0.3 is 5.97 Å². The first kappa shape index (κ1) is 18.3. The summed E-state index contributed by atoms with van der Waals surface area (Å²) in [6.07, 6.45) is 2.48. The molecule has 5 nitrogen and oxygen atoms in total. The van der Waals surface area contributed by atoms with Crippen LogP contribution in [0.3, 0.4) is 0 Å². The number of esters is 1. The van der Waals surface area contributed by atoms with Gasteiger partial charge in [-0.15, -0.1) is 0 Å². The van der Waals surface area contributed by atoms with Gasteiger partial charge in [0.2, 0.25) is 0 Å². The summed E-state index contributed by atoms with van der Waals surface area (Å²) in [5.41, 5.74) is 1.29. The zero-order valence-corrected chi connectivity index (χ0v) is 15.0. The van der Waals surface area contributed by atoms with E-state index in [2.05, 4.69) is 20.8 Å². The van der Waals surface area contributed by atoms with Gasteiger partial charge in [-0.2, -0.15) is 0 Å². The number of nitrogens with zero attached hydrogens (tertiary/aromatic N) is 1. The molecule has 0 bridgehead atoms. The minimum absolute atomic E-state index is 0.0671. The molecule has 1 amide bonds. The third-order valence-corrected chi connectivity index (χ3v) is 4.38. The summed E-state index contributed by atoms with van der Waals surface area (Å²) in [4.78, 5) is 25.8. The van der Waals surface area contributed by atoms with Crippen LogP contribution in [0.1, 0.15) is 45.6 Å². The van der Waals surface area contributed by atoms with Gasteiger partial charge in [0, 0.05) is 6.54 Å². The van der Waals surface area contributed by atoms with Crippen molar-refractivity contribution < 1.29 is 19.1 Å². The van der Waals surface area contributed by atoms with Crippen molar-refractivity contribution in [3.05, 3.63) is 29.8 Å². The van der Waals surface area contributed by atoms with Gasteiger partial charge in [0.15, 0.2) is 6.61 Å². The molecule has 1 aliphatic rings.